The number of benzene rings is 1. The van der Waals surface area contributed by atoms with E-state index in [4.69, 9.17) is 16.3 Å². The van der Waals surface area contributed by atoms with Gasteiger partial charge in [-0.15, -0.1) is 10.2 Å². The molecule has 7 heteroatoms. The van der Waals surface area contributed by atoms with Crippen molar-refractivity contribution in [3.8, 4) is 0 Å². The van der Waals surface area contributed by atoms with Crippen molar-refractivity contribution in [1.82, 2.24) is 15.1 Å². The second kappa shape index (κ2) is 8.25. The molecular weight excluding hydrogens is 344 g/mol. The van der Waals surface area contributed by atoms with Crippen LogP contribution in [0.15, 0.2) is 24.3 Å². The molecule has 3 rings (SSSR count). The highest BCUT2D eigenvalue weighted by Crippen LogP contribution is 2.21. The van der Waals surface area contributed by atoms with Gasteiger partial charge < -0.3 is 10.1 Å². The molecule has 1 N–H and O–H groups in total. The van der Waals surface area contributed by atoms with Gasteiger partial charge in [0.25, 0.3) is 0 Å². The predicted octanol–water partition coefficient (Wildman–Crippen LogP) is 3.30. The fourth-order valence-corrected chi connectivity index (χ4v) is 3.77. The summed E-state index contributed by atoms with van der Waals surface area (Å²) in [5.41, 5.74) is 1.19. The lowest BCUT2D eigenvalue weighted by Crippen LogP contribution is -2.48. The van der Waals surface area contributed by atoms with Crippen LogP contribution in [-0.4, -0.2) is 53.5 Å². The maximum Gasteiger partial charge on any atom is 0.205 e. The molecule has 1 fully saturated rings. The smallest absolute Gasteiger partial charge is 0.205 e. The Labute approximate surface area is 152 Å². The highest BCUT2D eigenvalue weighted by molar-refractivity contribution is 7.15. The number of morpholine rings is 1. The number of hydrogen-bond donors (Lipinski definition) is 1. The van der Waals surface area contributed by atoms with Crippen molar-refractivity contribution < 1.29 is 4.74 Å². The van der Waals surface area contributed by atoms with Gasteiger partial charge in [-0.05, 0) is 31.5 Å². The normalized spacial score (nSPS) is 18.3. The van der Waals surface area contributed by atoms with Crippen molar-refractivity contribution in [2.75, 3.05) is 31.6 Å². The Hall–Kier alpha value is -1.21. The van der Waals surface area contributed by atoms with Crippen LogP contribution in [0.4, 0.5) is 5.13 Å². The monoisotopic (exact) mass is 366 g/mol. The SMILES string of the molecule is CC(Nc1nnc(Cc2ccc(Cl)cc2)s1)C(C)N1CCOCC1. The number of halogens is 1. The molecule has 1 aliphatic heterocycles. The summed E-state index contributed by atoms with van der Waals surface area (Å²) in [7, 11) is 0. The van der Waals surface area contributed by atoms with Crippen LogP contribution in [0.3, 0.4) is 0 Å². The molecule has 5 nitrogen and oxygen atoms in total. The Bertz CT molecular complexity index is 642. The standard InChI is InChI=1S/C17H23ClN4OS/c1-12(13(2)22-7-9-23-10-8-22)19-17-21-20-16(24-17)11-14-3-5-15(18)6-4-14/h3-6,12-13H,7-11H2,1-2H3,(H,19,21). The summed E-state index contributed by atoms with van der Waals surface area (Å²) in [4.78, 5) is 2.46. The van der Waals surface area contributed by atoms with Gasteiger partial charge in [-0.3, -0.25) is 4.90 Å². The Balaban J connectivity index is 1.55. The van der Waals surface area contributed by atoms with Crippen LogP contribution in [0.1, 0.15) is 24.4 Å². The van der Waals surface area contributed by atoms with Gasteiger partial charge in [-0.1, -0.05) is 35.1 Å². The van der Waals surface area contributed by atoms with Gasteiger partial charge in [-0.2, -0.15) is 0 Å². The van der Waals surface area contributed by atoms with Crippen molar-refractivity contribution >= 4 is 28.1 Å². The first-order valence-electron chi connectivity index (χ1n) is 8.27. The molecule has 2 unspecified atom stereocenters. The van der Waals surface area contributed by atoms with Crippen molar-refractivity contribution in [1.29, 1.82) is 0 Å². The summed E-state index contributed by atoms with van der Waals surface area (Å²) >= 11 is 7.54. The Morgan fingerprint density at radius 1 is 1.21 bits per heavy atom. The van der Waals surface area contributed by atoms with E-state index in [2.05, 4.69) is 34.3 Å². The minimum atomic E-state index is 0.305. The van der Waals surface area contributed by atoms with Crippen molar-refractivity contribution in [2.24, 2.45) is 0 Å². The largest absolute Gasteiger partial charge is 0.379 e. The third-order valence-electron chi connectivity index (χ3n) is 4.43. The van der Waals surface area contributed by atoms with E-state index >= 15 is 0 Å². The molecule has 24 heavy (non-hydrogen) atoms. The summed E-state index contributed by atoms with van der Waals surface area (Å²) in [6.07, 6.45) is 0.782. The minimum Gasteiger partial charge on any atom is -0.379 e. The molecule has 130 valence electrons. The molecule has 1 saturated heterocycles. The fraction of sp³-hybridized carbons (Fsp3) is 0.529. The highest BCUT2D eigenvalue weighted by Gasteiger charge is 2.22. The molecule has 0 radical (unpaired) electrons. The van der Waals surface area contributed by atoms with Crippen LogP contribution in [0.2, 0.25) is 5.02 Å². The van der Waals surface area contributed by atoms with Gasteiger partial charge in [0, 0.05) is 36.6 Å². The highest BCUT2D eigenvalue weighted by atomic mass is 35.5. The van der Waals surface area contributed by atoms with Gasteiger partial charge in [0.15, 0.2) is 0 Å². The van der Waals surface area contributed by atoms with Crippen LogP contribution in [0.25, 0.3) is 0 Å². The van der Waals surface area contributed by atoms with Crippen molar-refractivity contribution in [3.05, 3.63) is 39.9 Å². The minimum absolute atomic E-state index is 0.305. The second-order valence-electron chi connectivity index (χ2n) is 6.13. The van der Waals surface area contributed by atoms with Gasteiger partial charge in [0.1, 0.15) is 5.01 Å². The molecule has 2 atom stereocenters. The number of nitrogens with zero attached hydrogens (tertiary/aromatic N) is 3. The molecule has 0 aliphatic carbocycles. The molecular formula is C17H23ClN4OS. The number of nitrogens with one attached hydrogen (secondary N) is 1. The summed E-state index contributed by atoms with van der Waals surface area (Å²) in [5.74, 6) is 0. The van der Waals surface area contributed by atoms with E-state index in [9.17, 15) is 0 Å². The summed E-state index contributed by atoms with van der Waals surface area (Å²) < 4.78 is 5.42. The third kappa shape index (κ3) is 4.66. The first kappa shape index (κ1) is 17.6. The molecule has 2 heterocycles. The average Bonchev–Trinajstić information content (AvgIpc) is 3.04. The lowest BCUT2D eigenvalue weighted by atomic mass is 10.1. The van der Waals surface area contributed by atoms with Gasteiger partial charge >= 0.3 is 0 Å². The number of aromatic nitrogens is 2. The first-order valence-corrected chi connectivity index (χ1v) is 9.46. The van der Waals surface area contributed by atoms with E-state index in [-0.39, 0.29) is 0 Å². The van der Waals surface area contributed by atoms with Crippen LogP contribution in [-0.2, 0) is 11.2 Å². The topological polar surface area (TPSA) is 50.3 Å². The summed E-state index contributed by atoms with van der Waals surface area (Å²) in [5, 5.41) is 14.7. The maximum atomic E-state index is 5.92. The van der Waals surface area contributed by atoms with E-state index in [0.29, 0.717) is 12.1 Å². The van der Waals surface area contributed by atoms with E-state index in [1.807, 2.05) is 24.3 Å². The zero-order valence-corrected chi connectivity index (χ0v) is 15.6. The lowest BCUT2D eigenvalue weighted by molar-refractivity contribution is 0.0176. The number of ether oxygens (including phenoxy) is 1. The van der Waals surface area contributed by atoms with E-state index in [0.717, 1.165) is 47.9 Å². The van der Waals surface area contributed by atoms with Crippen molar-refractivity contribution in [2.45, 2.75) is 32.4 Å². The van der Waals surface area contributed by atoms with Crippen LogP contribution < -0.4 is 5.32 Å². The van der Waals surface area contributed by atoms with E-state index < -0.39 is 0 Å². The molecule has 1 aromatic carbocycles. The van der Waals surface area contributed by atoms with E-state index in [1.165, 1.54) is 5.56 Å². The zero-order valence-electron chi connectivity index (χ0n) is 14.0. The fourth-order valence-electron chi connectivity index (χ4n) is 2.78. The number of anilines is 1. The lowest BCUT2D eigenvalue weighted by Gasteiger charge is -2.35. The number of rotatable bonds is 6. The summed E-state index contributed by atoms with van der Waals surface area (Å²) in [6.45, 7) is 8.07. The Morgan fingerprint density at radius 3 is 2.62 bits per heavy atom. The maximum absolute atomic E-state index is 5.92. The van der Waals surface area contributed by atoms with Gasteiger partial charge in [-0.25, -0.2) is 0 Å². The molecule has 0 spiro atoms. The van der Waals surface area contributed by atoms with E-state index in [1.54, 1.807) is 11.3 Å². The molecule has 1 aromatic heterocycles. The molecule has 0 bridgehead atoms. The molecule has 0 saturated carbocycles. The molecule has 1 aliphatic rings. The van der Waals surface area contributed by atoms with Crippen LogP contribution >= 0.6 is 22.9 Å². The average molecular weight is 367 g/mol. The molecule has 2 aromatic rings. The zero-order chi connectivity index (χ0) is 16.9. The predicted molar refractivity (Wildman–Crippen MR) is 99.1 cm³/mol. The van der Waals surface area contributed by atoms with Crippen LogP contribution in [0.5, 0.6) is 0 Å². The molecule has 0 amide bonds. The Morgan fingerprint density at radius 2 is 1.92 bits per heavy atom. The number of hydrogen-bond acceptors (Lipinski definition) is 6. The second-order valence-corrected chi connectivity index (χ2v) is 7.62. The summed E-state index contributed by atoms with van der Waals surface area (Å²) in [6, 6.07) is 8.60. The Kier molecular flexibility index (Phi) is 6.05. The van der Waals surface area contributed by atoms with Gasteiger partial charge in [0.05, 0.1) is 13.2 Å². The third-order valence-corrected chi connectivity index (χ3v) is 5.54. The quantitative estimate of drug-likeness (QED) is 0.850. The van der Waals surface area contributed by atoms with Crippen molar-refractivity contribution in [3.63, 3.8) is 0 Å². The van der Waals surface area contributed by atoms with Gasteiger partial charge in [0.2, 0.25) is 5.13 Å². The first-order chi connectivity index (χ1) is 11.6. The van der Waals surface area contributed by atoms with Crippen LogP contribution in [0, 0.1) is 0 Å².